The Kier molecular flexibility index (Phi) is 3.80. The van der Waals surface area contributed by atoms with E-state index in [0.717, 1.165) is 31.5 Å². The van der Waals surface area contributed by atoms with Gasteiger partial charge in [0.15, 0.2) is 0 Å². The van der Waals surface area contributed by atoms with Crippen LogP contribution in [-0.2, 0) is 0 Å². The molecule has 0 aliphatic carbocycles. The van der Waals surface area contributed by atoms with E-state index >= 15 is 0 Å². The summed E-state index contributed by atoms with van der Waals surface area (Å²) >= 11 is 6.15. The Balaban J connectivity index is 2.06. The third-order valence-corrected chi connectivity index (χ3v) is 3.93. The van der Waals surface area contributed by atoms with Crippen LogP contribution in [0.2, 0.25) is 5.02 Å². The maximum atomic E-state index is 12.0. The maximum Gasteiger partial charge on any atom is 0.270 e. The van der Waals surface area contributed by atoms with Crippen LogP contribution < -0.4 is 10.9 Å². The Morgan fingerprint density at radius 3 is 2.60 bits per heavy atom. The minimum atomic E-state index is -0.276. The average molecular weight is 291 g/mol. The zero-order valence-corrected chi connectivity index (χ0v) is 11.7. The molecule has 1 aliphatic heterocycles. The number of rotatable bonds is 2. The lowest BCUT2D eigenvalue weighted by molar-refractivity contribution is 0.453. The summed E-state index contributed by atoms with van der Waals surface area (Å²) in [5.41, 5.74) is 1.27. The van der Waals surface area contributed by atoms with Crippen LogP contribution in [0.3, 0.4) is 0 Å². The van der Waals surface area contributed by atoms with Gasteiger partial charge in [0.2, 0.25) is 0 Å². The summed E-state index contributed by atoms with van der Waals surface area (Å²) in [6, 6.07) is 3.64. The van der Waals surface area contributed by atoms with Gasteiger partial charge in [0.05, 0.1) is 5.69 Å². The second-order valence-electron chi connectivity index (χ2n) is 4.87. The Morgan fingerprint density at radius 2 is 1.90 bits per heavy atom. The summed E-state index contributed by atoms with van der Waals surface area (Å²) in [5, 5.41) is 3.52. The number of H-pyrrole nitrogens is 1. The minimum Gasteiger partial charge on any atom is -0.317 e. The van der Waals surface area contributed by atoms with Crippen molar-refractivity contribution in [2.75, 3.05) is 13.1 Å². The molecular weight excluding hydrogens is 276 g/mol. The van der Waals surface area contributed by atoms with E-state index in [1.807, 2.05) is 12.1 Å². The number of hydrogen-bond acceptors (Lipinski definition) is 4. The first kappa shape index (κ1) is 13.3. The molecule has 0 atom stereocenters. The highest BCUT2D eigenvalue weighted by molar-refractivity contribution is 6.31. The van der Waals surface area contributed by atoms with Gasteiger partial charge in [0.1, 0.15) is 10.8 Å². The molecule has 1 fully saturated rings. The molecule has 1 aliphatic rings. The van der Waals surface area contributed by atoms with Crippen molar-refractivity contribution in [1.82, 2.24) is 20.3 Å². The Hall–Kier alpha value is -1.72. The summed E-state index contributed by atoms with van der Waals surface area (Å²) in [6.07, 6.45) is 5.25. The molecule has 0 radical (unpaired) electrons. The van der Waals surface area contributed by atoms with Gasteiger partial charge in [-0.05, 0) is 38.1 Å². The van der Waals surface area contributed by atoms with Gasteiger partial charge in [-0.3, -0.25) is 9.78 Å². The summed E-state index contributed by atoms with van der Waals surface area (Å²) in [6.45, 7) is 1.86. The molecule has 0 saturated carbocycles. The third kappa shape index (κ3) is 2.59. The highest BCUT2D eigenvalue weighted by atomic mass is 35.5. The molecule has 3 rings (SSSR count). The van der Waals surface area contributed by atoms with Crippen molar-refractivity contribution in [2.24, 2.45) is 0 Å². The number of pyridine rings is 1. The highest BCUT2D eigenvalue weighted by Crippen LogP contribution is 2.28. The molecule has 0 aromatic carbocycles. The van der Waals surface area contributed by atoms with Gasteiger partial charge in [-0.25, -0.2) is 4.98 Å². The fourth-order valence-electron chi connectivity index (χ4n) is 2.49. The SMILES string of the molecule is O=c1[nH]c(-c2ccncc2)nc(C2CCNCC2)c1Cl. The molecule has 2 aromatic heterocycles. The van der Waals surface area contributed by atoms with E-state index in [2.05, 4.69) is 20.3 Å². The molecule has 5 nitrogen and oxygen atoms in total. The third-order valence-electron chi connectivity index (χ3n) is 3.57. The molecule has 1 saturated heterocycles. The fraction of sp³-hybridized carbons (Fsp3) is 0.357. The summed E-state index contributed by atoms with van der Waals surface area (Å²) in [4.78, 5) is 23.3. The van der Waals surface area contributed by atoms with E-state index in [4.69, 9.17) is 11.6 Å². The summed E-state index contributed by atoms with van der Waals surface area (Å²) in [5.74, 6) is 0.793. The minimum absolute atomic E-state index is 0.217. The van der Waals surface area contributed by atoms with Crippen LogP contribution >= 0.6 is 11.6 Å². The van der Waals surface area contributed by atoms with Gasteiger partial charge in [0.25, 0.3) is 5.56 Å². The first-order valence-electron chi connectivity index (χ1n) is 6.66. The first-order valence-corrected chi connectivity index (χ1v) is 7.04. The maximum absolute atomic E-state index is 12.0. The number of aromatic amines is 1. The summed E-state index contributed by atoms with van der Waals surface area (Å²) < 4.78 is 0. The van der Waals surface area contributed by atoms with Crippen LogP contribution in [0.1, 0.15) is 24.5 Å². The van der Waals surface area contributed by atoms with Crippen molar-refractivity contribution < 1.29 is 0 Å². The molecule has 0 unspecified atom stereocenters. The predicted molar refractivity (Wildman–Crippen MR) is 77.9 cm³/mol. The van der Waals surface area contributed by atoms with Crippen molar-refractivity contribution in [3.8, 4) is 11.4 Å². The number of nitrogens with one attached hydrogen (secondary N) is 2. The first-order chi connectivity index (χ1) is 9.75. The second kappa shape index (κ2) is 5.73. The van der Waals surface area contributed by atoms with Crippen LogP contribution in [0.4, 0.5) is 0 Å². The van der Waals surface area contributed by atoms with Crippen LogP contribution in [0.5, 0.6) is 0 Å². The zero-order chi connectivity index (χ0) is 13.9. The van der Waals surface area contributed by atoms with Gasteiger partial charge in [0, 0.05) is 23.9 Å². The largest absolute Gasteiger partial charge is 0.317 e. The molecule has 0 amide bonds. The van der Waals surface area contributed by atoms with Crippen molar-refractivity contribution >= 4 is 11.6 Å². The fourth-order valence-corrected chi connectivity index (χ4v) is 2.73. The van der Waals surface area contributed by atoms with Gasteiger partial charge in [-0.1, -0.05) is 11.6 Å². The van der Waals surface area contributed by atoms with Gasteiger partial charge in [-0.2, -0.15) is 0 Å². The normalized spacial score (nSPS) is 16.2. The summed E-state index contributed by atoms with van der Waals surface area (Å²) in [7, 11) is 0. The predicted octanol–water partition coefficient (Wildman–Crippen LogP) is 1.95. The van der Waals surface area contributed by atoms with Gasteiger partial charge >= 0.3 is 0 Å². The monoisotopic (exact) mass is 290 g/mol. The smallest absolute Gasteiger partial charge is 0.270 e. The Bertz CT molecular complexity index is 650. The molecule has 104 valence electrons. The number of aromatic nitrogens is 3. The average Bonchev–Trinajstić information content (AvgIpc) is 2.51. The molecule has 0 bridgehead atoms. The molecule has 2 N–H and O–H groups in total. The van der Waals surface area contributed by atoms with Crippen LogP contribution in [0, 0.1) is 0 Å². The van der Waals surface area contributed by atoms with Crippen molar-refractivity contribution in [1.29, 1.82) is 0 Å². The molecule has 0 spiro atoms. The number of halogens is 1. The van der Waals surface area contributed by atoms with Crippen molar-refractivity contribution in [2.45, 2.75) is 18.8 Å². The van der Waals surface area contributed by atoms with E-state index < -0.39 is 0 Å². The van der Waals surface area contributed by atoms with Crippen molar-refractivity contribution in [3.05, 3.63) is 45.6 Å². The van der Waals surface area contributed by atoms with Crippen LogP contribution in [-0.4, -0.2) is 28.0 Å². The standard InChI is InChI=1S/C14H15ClN4O/c15-11-12(9-1-5-16-6-2-9)18-13(19-14(11)20)10-3-7-17-8-4-10/h3-4,7-9,16H,1-2,5-6H2,(H,18,19,20). The van der Waals surface area contributed by atoms with Gasteiger partial charge in [-0.15, -0.1) is 0 Å². The van der Waals surface area contributed by atoms with Crippen LogP contribution in [0.15, 0.2) is 29.3 Å². The molecule has 3 heterocycles. The molecule has 6 heteroatoms. The topological polar surface area (TPSA) is 70.7 Å². The molecular formula is C14H15ClN4O. The lowest BCUT2D eigenvalue weighted by Gasteiger charge is -2.23. The quantitative estimate of drug-likeness (QED) is 0.887. The molecule has 20 heavy (non-hydrogen) atoms. The second-order valence-corrected chi connectivity index (χ2v) is 5.25. The van der Waals surface area contributed by atoms with E-state index in [1.165, 1.54) is 0 Å². The number of hydrogen-bond donors (Lipinski definition) is 2. The Labute approximate surface area is 121 Å². The van der Waals surface area contributed by atoms with E-state index in [1.54, 1.807) is 12.4 Å². The van der Waals surface area contributed by atoms with Crippen molar-refractivity contribution in [3.63, 3.8) is 0 Å². The lowest BCUT2D eigenvalue weighted by atomic mass is 9.94. The van der Waals surface area contributed by atoms with E-state index in [9.17, 15) is 4.79 Å². The zero-order valence-electron chi connectivity index (χ0n) is 10.9. The molecule has 2 aromatic rings. The van der Waals surface area contributed by atoms with E-state index in [0.29, 0.717) is 11.5 Å². The highest BCUT2D eigenvalue weighted by Gasteiger charge is 2.22. The Morgan fingerprint density at radius 1 is 1.20 bits per heavy atom. The van der Waals surface area contributed by atoms with E-state index in [-0.39, 0.29) is 16.5 Å². The number of nitrogens with zero attached hydrogens (tertiary/aromatic N) is 2. The number of piperidine rings is 1. The van der Waals surface area contributed by atoms with Crippen LogP contribution in [0.25, 0.3) is 11.4 Å². The lowest BCUT2D eigenvalue weighted by Crippen LogP contribution is -2.28. The van der Waals surface area contributed by atoms with Gasteiger partial charge < -0.3 is 10.3 Å².